The minimum Gasteiger partial charge on any atom is -0.396 e. The van der Waals surface area contributed by atoms with Crippen molar-refractivity contribution in [3.8, 4) is 0 Å². The summed E-state index contributed by atoms with van der Waals surface area (Å²) in [5.74, 6) is 0. The van der Waals surface area contributed by atoms with Crippen LogP contribution in [-0.2, 0) is 4.74 Å². The molecule has 1 unspecified atom stereocenters. The van der Waals surface area contributed by atoms with Crippen molar-refractivity contribution in [2.75, 3.05) is 13.2 Å². The number of hydrogen-bond acceptors (Lipinski definition) is 3. The van der Waals surface area contributed by atoms with Crippen LogP contribution in [0.1, 0.15) is 26.2 Å². The lowest BCUT2D eigenvalue weighted by Gasteiger charge is -2.09. The molecule has 0 amide bonds. The average Bonchev–Trinajstić information content (AvgIpc) is 2.09. The van der Waals surface area contributed by atoms with Crippen LogP contribution in [-0.4, -0.2) is 29.7 Å². The van der Waals surface area contributed by atoms with Gasteiger partial charge in [0.15, 0.2) is 6.29 Å². The molecule has 2 N–H and O–H groups in total. The zero-order chi connectivity index (χ0) is 9.23. The van der Waals surface area contributed by atoms with Crippen LogP contribution in [0, 0.1) is 0 Å². The number of aliphatic hydroxyl groups excluding tert-OH is 2. The molecule has 0 aliphatic carbocycles. The van der Waals surface area contributed by atoms with Gasteiger partial charge in [-0.25, -0.2) is 0 Å². The Balaban J connectivity index is 3.13. The second kappa shape index (κ2) is 8.71. The highest BCUT2D eigenvalue weighted by Crippen LogP contribution is 1.98. The molecule has 0 radical (unpaired) electrons. The predicted molar refractivity (Wildman–Crippen MR) is 47.7 cm³/mol. The molecule has 12 heavy (non-hydrogen) atoms. The van der Waals surface area contributed by atoms with Gasteiger partial charge in [-0.1, -0.05) is 12.2 Å². The summed E-state index contributed by atoms with van der Waals surface area (Å²) in [6.07, 6.45) is 5.13. The van der Waals surface area contributed by atoms with Gasteiger partial charge >= 0.3 is 0 Å². The number of hydrogen-bond donors (Lipinski definition) is 2. The molecule has 1 atom stereocenters. The molecule has 0 aliphatic rings. The molecule has 0 aromatic heterocycles. The Morgan fingerprint density at radius 1 is 1.50 bits per heavy atom. The molecular formula is C9H18O3. The number of ether oxygens (including phenoxy) is 1. The van der Waals surface area contributed by atoms with Gasteiger partial charge in [0, 0.05) is 13.0 Å². The van der Waals surface area contributed by atoms with Gasteiger partial charge in [0.05, 0.1) is 6.61 Å². The largest absolute Gasteiger partial charge is 0.396 e. The highest BCUT2D eigenvalue weighted by Gasteiger charge is 2.01. The van der Waals surface area contributed by atoms with Gasteiger partial charge in [0.25, 0.3) is 0 Å². The highest BCUT2D eigenvalue weighted by molar-refractivity contribution is 4.75. The summed E-state index contributed by atoms with van der Waals surface area (Å²) >= 11 is 0. The highest BCUT2D eigenvalue weighted by atomic mass is 16.6. The van der Waals surface area contributed by atoms with Gasteiger partial charge in [0.1, 0.15) is 0 Å². The zero-order valence-corrected chi connectivity index (χ0v) is 7.57. The first-order chi connectivity index (χ1) is 5.81. The molecule has 0 bridgehead atoms. The van der Waals surface area contributed by atoms with Crippen LogP contribution in [0.2, 0.25) is 0 Å². The van der Waals surface area contributed by atoms with Gasteiger partial charge in [-0.15, -0.1) is 0 Å². The summed E-state index contributed by atoms with van der Waals surface area (Å²) in [5, 5.41) is 17.6. The van der Waals surface area contributed by atoms with Crippen LogP contribution in [0.4, 0.5) is 0 Å². The summed E-state index contributed by atoms with van der Waals surface area (Å²) in [4.78, 5) is 0. The standard InChI is InChI=1S/C9H18O3/c1-2-3-4-8-12-9(11)6-5-7-10/h2-3,9-11H,4-8H2,1H3. The Morgan fingerprint density at radius 2 is 2.25 bits per heavy atom. The first-order valence-corrected chi connectivity index (χ1v) is 4.33. The maximum Gasteiger partial charge on any atom is 0.154 e. The maximum absolute atomic E-state index is 9.12. The van der Waals surface area contributed by atoms with E-state index in [0.717, 1.165) is 6.42 Å². The van der Waals surface area contributed by atoms with E-state index in [9.17, 15) is 0 Å². The topological polar surface area (TPSA) is 49.7 Å². The lowest BCUT2D eigenvalue weighted by atomic mass is 10.3. The van der Waals surface area contributed by atoms with Crippen molar-refractivity contribution in [2.24, 2.45) is 0 Å². The molecule has 3 nitrogen and oxygen atoms in total. The Bertz CT molecular complexity index is 112. The van der Waals surface area contributed by atoms with Crippen LogP contribution in [0.5, 0.6) is 0 Å². The van der Waals surface area contributed by atoms with E-state index in [1.807, 2.05) is 19.1 Å². The lowest BCUT2D eigenvalue weighted by Crippen LogP contribution is -2.12. The molecule has 0 saturated carbocycles. The Kier molecular flexibility index (Phi) is 8.44. The molecule has 0 saturated heterocycles. The normalized spacial score (nSPS) is 13.9. The summed E-state index contributed by atoms with van der Waals surface area (Å²) in [6, 6.07) is 0. The molecule has 0 aromatic rings. The first kappa shape index (κ1) is 11.6. The van der Waals surface area contributed by atoms with E-state index in [1.165, 1.54) is 0 Å². The van der Waals surface area contributed by atoms with Crippen LogP contribution in [0.3, 0.4) is 0 Å². The smallest absolute Gasteiger partial charge is 0.154 e. The van der Waals surface area contributed by atoms with Gasteiger partial charge in [-0.3, -0.25) is 0 Å². The summed E-state index contributed by atoms with van der Waals surface area (Å²) in [6.45, 7) is 2.59. The average molecular weight is 174 g/mol. The Labute approximate surface area is 73.7 Å². The fourth-order valence-electron chi connectivity index (χ4n) is 0.788. The van der Waals surface area contributed by atoms with Crippen molar-refractivity contribution in [1.29, 1.82) is 0 Å². The summed E-state index contributed by atoms with van der Waals surface area (Å²) in [5.41, 5.74) is 0. The fourth-order valence-corrected chi connectivity index (χ4v) is 0.788. The maximum atomic E-state index is 9.12. The quantitative estimate of drug-likeness (QED) is 0.345. The molecule has 0 aromatic carbocycles. The van der Waals surface area contributed by atoms with Crippen molar-refractivity contribution < 1.29 is 14.9 Å². The fraction of sp³-hybridized carbons (Fsp3) is 0.778. The zero-order valence-electron chi connectivity index (χ0n) is 7.57. The second-order valence-corrected chi connectivity index (χ2v) is 2.55. The minimum atomic E-state index is -0.720. The van der Waals surface area contributed by atoms with Crippen molar-refractivity contribution in [1.82, 2.24) is 0 Å². The molecular weight excluding hydrogens is 156 g/mol. The first-order valence-electron chi connectivity index (χ1n) is 4.33. The van der Waals surface area contributed by atoms with E-state index in [0.29, 0.717) is 19.4 Å². The van der Waals surface area contributed by atoms with Crippen LogP contribution >= 0.6 is 0 Å². The number of allylic oxidation sites excluding steroid dienone is 1. The van der Waals surface area contributed by atoms with Crippen molar-refractivity contribution in [3.05, 3.63) is 12.2 Å². The van der Waals surface area contributed by atoms with E-state index < -0.39 is 6.29 Å². The van der Waals surface area contributed by atoms with Crippen molar-refractivity contribution >= 4 is 0 Å². The van der Waals surface area contributed by atoms with Crippen molar-refractivity contribution in [3.63, 3.8) is 0 Å². The van der Waals surface area contributed by atoms with Gasteiger partial charge < -0.3 is 14.9 Å². The lowest BCUT2D eigenvalue weighted by molar-refractivity contribution is -0.103. The van der Waals surface area contributed by atoms with Gasteiger partial charge in [-0.05, 0) is 19.8 Å². The van der Waals surface area contributed by atoms with Gasteiger partial charge in [0.2, 0.25) is 0 Å². The Morgan fingerprint density at radius 3 is 2.83 bits per heavy atom. The van der Waals surface area contributed by atoms with Crippen LogP contribution in [0.15, 0.2) is 12.2 Å². The molecule has 72 valence electrons. The Hall–Kier alpha value is -0.380. The third-order valence-corrected chi connectivity index (χ3v) is 1.44. The molecule has 0 fully saturated rings. The van der Waals surface area contributed by atoms with E-state index >= 15 is 0 Å². The predicted octanol–water partition coefficient (Wildman–Crippen LogP) is 1.06. The molecule has 3 heteroatoms. The molecule has 0 rings (SSSR count). The number of aliphatic hydroxyl groups is 2. The van der Waals surface area contributed by atoms with Crippen molar-refractivity contribution in [2.45, 2.75) is 32.5 Å². The van der Waals surface area contributed by atoms with Crippen LogP contribution in [0.25, 0.3) is 0 Å². The summed E-state index contributed by atoms with van der Waals surface area (Å²) < 4.78 is 5.04. The van der Waals surface area contributed by atoms with E-state index in [-0.39, 0.29) is 6.61 Å². The SMILES string of the molecule is CC=CCCOC(O)CCCO. The van der Waals surface area contributed by atoms with Gasteiger partial charge in [-0.2, -0.15) is 0 Å². The third-order valence-electron chi connectivity index (χ3n) is 1.44. The molecule has 0 heterocycles. The van der Waals surface area contributed by atoms with E-state index in [2.05, 4.69) is 0 Å². The van der Waals surface area contributed by atoms with Crippen LogP contribution < -0.4 is 0 Å². The number of rotatable bonds is 7. The van der Waals surface area contributed by atoms with E-state index in [4.69, 9.17) is 14.9 Å². The summed E-state index contributed by atoms with van der Waals surface area (Å²) in [7, 11) is 0. The molecule has 0 spiro atoms. The second-order valence-electron chi connectivity index (χ2n) is 2.55. The van der Waals surface area contributed by atoms with E-state index in [1.54, 1.807) is 0 Å². The molecule has 0 aliphatic heterocycles. The minimum absolute atomic E-state index is 0.106. The third kappa shape index (κ3) is 7.72. The monoisotopic (exact) mass is 174 g/mol.